The fraction of sp³-hybridized carbons (Fsp3) is 0.538. The van der Waals surface area contributed by atoms with Gasteiger partial charge in [0.05, 0.1) is 5.88 Å². The average Bonchev–Trinajstić information content (AvgIpc) is 2.32. The predicted molar refractivity (Wildman–Crippen MR) is 69.7 cm³/mol. The molecule has 82 valence electrons. The Hall–Kier alpha value is -0.630. The van der Waals surface area contributed by atoms with E-state index in [4.69, 9.17) is 0 Å². The van der Waals surface area contributed by atoms with E-state index >= 15 is 0 Å². The van der Waals surface area contributed by atoms with Crippen molar-refractivity contribution < 1.29 is 0 Å². The molecule has 0 saturated heterocycles. The molecule has 0 unspecified atom stereocenters. The Balaban J connectivity index is 2.02. The van der Waals surface area contributed by atoms with Gasteiger partial charge >= 0.3 is 0 Å². The van der Waals surface area contributed by atoms with Gasteiger partial charge in [0.1, 0.15) is 0 Å². The number of hydrogen-bond acceptors (Lipinski definition) is 2. The maximum atomic E-state index is 4.15. The van der Waals surface area contributed by atoms with Crippen LogP contribution in [0, 0.1) is 0 Å². The first-order valence-electron chi connectivity index (χ1n) is 5.85. The SMILES string of the molecule is SCNc1ccc(C2CCCCC2)cc1. The van der Waals surface area contributed by atoms with Gasteiger partial charge in [-0.2, -0.15) is 12.6 Å². The van der Waals surface area contributed by atoms with Gasteiger partial charge < -0.3 is 5.32 Å². The van der Waals surface area contributed by atoms with E-state index < -0.39 is 0 Å². The molecule has 0 radical (unpaired) electrons. The zero-order chi connectivity index (χ0) is 10.5. The van der Waals surface area contributed by atoms with Crippen LogP contribution in [0.5, 0.6) is 0 Å². The van der Waals surface area contributed by atoms with Crippen LogP contribution in [0.4, 0.5) is 5.69 Å². The summed E-state index contributed by atoms with van der Waals surface area (Å²) >= 11 is 4.15. The second-order valence-corrected chi connectivity index (χ2v) is 4.61. The molecule has 1 aromatic rings. The summed E-state index contributed by atoms with van der Waals surface area (Å²) in [4.78, 5) is 0. The molecule has 0 atom stereocenters. The molecule has 2 rings (SSSR count). The van der Waals surface area contributed by atoms with Crippen molar-refractivity contribution in [2.24, 2.45) is 0 Å². The largest absolute Gasteiger partial charge is 0.376 e. The maximum absolute atomic E-state index is 4.15. The minimum Gasteiger partial charge on any atom is -0.376 e. The molecule has 1 nitrogen and oxygen atoms in total. The number of anilines is 1. The standard InChI is InChI=1S/C13H19NS/c15-10-14-13-8-6-12(7-9-13)11-4-2-1-3-5-11/h6-9,11,14-15H,1-5,10H2. The predicted octanol–water partition coefficient (Wildman–Crippen LogP) is 4.03. The number of benzene rings is 1. The highest BCUT2D eigenvalue weighted by molar-refractivity contribution is 7.80. The van der Waals surface area contributed by atoms with Crippen LogP contribution in [0.25, 0.3) is 0 Å². The molecule has 0 aliphatic heterocycles. The van der Waals surface area contributed by atoms with Gasteiger partial charge in [0.2, 0.25) is 0 Å². The summed E-state index contributed by atoms with van der Waals surface area (Å²) in [5.41, 5.74) is 2.68. The molecule has 1 fully saturated rings. The average molecular weight is 221 g/mol. The minimum atomic E-state index is 0.697. The Labute approximate surface area is 97.7 Å². The Morgan fingerprint density at radius 1 is 1.07 bits per heavy atom. The fourth-order valence-electron chi connectivity index (χ4n) is 2.40. The van der Waals surface area contributed by atoms with Crippen LogP contribution in [0.3, 0.4) is 0 Å². The van der Waals surface area contributed by atoms with Crippen LogP contribution in [0.1, 0.15) is 43.6 Å². The summed E-state index contributed by atoms with van der Waals surface area (Å²) < 4.78 is 0. The van der Waals surface area contributed by atoms with E-state index in [1.54, 1.807) is 0 Å². The van der Waals surface area contributed by atoms with Gasteiger partial charge in [0, 0.05) is 5.69 Å². The van der Waals surface area contributed by atoms with E-state index in [9.17, 15) is 0 Å². The molecule has 0 spiro atoms. The smallest absolute Gasteiger partial charge is 0.0581 e. The first kappa shape index (κ1) is 10.9. The highest BCUT2D eigenvalue weighted by atomic mass is 32.1. The molecular weight excluding hydrogens is 202 g/mol. The van der Waals surface area contributed by atoms with Gasteiger partial charge in [-0.3, -0.25) is 0 Å². The van der Waals surface area contributed by atoms with Crippen molar-refractivity contribution in [3.05, 3.63) is 29.8 Å². The third-order valence-electron chi connectivity index (χ3n) is 3.27. The monoisotopic (exact) mass is 221 g/mol. The summed E-state index contributed by atoms with van der Waals surface area (Å²) in [7, 11) is 0. The Bertz CT molecular complexity index is 288. The molecule has 2 heteroatoms. The van der Waals surface area contributed by atoms with Gasteiger partial charge in [0.25, 0.3) is 0 Å². The van der Waals surface area contributed by atoms with Crippen molar-refractivity contribution in [1.29, 1.82) is 0 Å². The van der Waals surface area contributed by atoms with Crippen LogP contribution in [-0.4, -0.2) is 5.88 Å². The molecule has 0 aromatic heterocycles. The molecule has 1 N–H and O–H groups in total. The first-order valence-corrected chi connectivity index (χ1v) is 6.48. The second kappa shape index (κ2) is 5.45. The van der Waals surface area contributed by atoms with Gasteiger partial charge in [-0.15, -0.1) is 0 Å². The molecule has 1 aliphatic rings. The summed E-state index contributed by atoms with van der Waals surface area (Å²) in [6.07, 6.45) is 6.98. The lowest BCUT2D eigenvalue weighted by Crippen LogP contribution is -2.04. The highest BCUT2D eigenvalue weighted by Gasteiger charge is 2.14. The summed E-state index contributed by atoms with van der Waals surface area (Å²) in [5, 5.41) is 3.20. The third-order valence-corrected chi connectivity index (χ3v) is 3.43. The van der Waals surface area contributed by atoms with E-state index in [-0.39, 0.29) is 0 Å². The lowest BCUT2D eigenvalue weighted by atomic mass is 9.84. The topological polar surface area (TPSA) is 12.0 Å². The lowest BCUT2D eigenvalue weighted by molar-refractivity contribution is 0.443. The number of nitrogens with one attached hydrogen (secondary N) is 1. The summed E-state index contributed by atoms with van der Waals surface area (Å²) in [5.74, 6) is 1.51. The summed E-state index contributed by atoms with van der Waals surface area (Å²) in [6.45, 7) is 0. The summed E-state index contributed by atoms with van der Waals surface area (Å²) in [6, 6.07) is 8.86. The van der Waals surface area contributed by atoms with Crippen LogP contribution in [0.15, 0.2) is 24.3 Å². The van der Waals surface area contributed by atoms with E-state index in [1.807, 2.05) is 0 Å². The van der Waals surface area contributed by atoms with E-state index in [1.165, 1.54) is 43.4 Å². The van der Waals surface area contributed by atoms with Gasteiger partial charge in [0.15, 0.2) is 0 Å². The van der Waals surface area contributed by atoms with Crippen molar-refractivity contribution in [2.45, 2.75) is 38.0 Å². The Morgan fingerprint density at radius 2 is 1.73 bits per heavy atom. The third kappa shape index (κ3) is 2.91. The van der Waals surface area contributed by atoms with Gasteiger partial charge in [-0.1, -0.05) is 31.4 Å². The van der Waals surface area contributed by atoms with Crippen LogP contribution in [0.2, 0.25) is 0 Å². The van der Waals surface area contributed by atoms with Crippen molar-refractivity contribution in [1.82, 2.24) is 0 Å². The Kier molecular flexibility index (Phi) is 3.95. The van der Waals surface area contributed by atoms with E-state index in [2.05, 4.69) is 42.2 Å². The van der Waals surface area contributed by atoms with Gasteiger partial charge in [-0.25, -0.2) is 0 Å². The molecule has 1 aliphatic carbocycles. The van der Waals surface area contributed by atoms with Crippen LogP contribution >= 0.6 is 12.6 Å². The highest BCUT2D eigenvalue weighted by Crippen LogP contribution is 2.32. The molecule has 1 saturated carbocycles. The lowest BCUT2D eigenvalue weighted by Gasteiger charge is -2.22. The normalized spacial score (nSPS) is 17.7. The molecule has 15 heavy (non-hydrogen) atoms. The van der Waals surface area contributed by atoms with Crippen molar-refractivity contribution in [3.8, 4) is 0 Å². The van der Waals surface area contributed by atoms with Crippen molar-refractivity contribution in [3.63, 3.8) is 0 Å². The van der Waals surface area contributed by atoms with E-state index in [0.29, 0.717) is 5.88 Å². The van der Waals surface area contributed by atoms with Crippen LogP contribution < -0.4 is 5.32 Å². The molecule has 0 bridgehead atoms. The first-order chi connectivity index (χ1) is 7.40. The molecular formula is C13H19NS. The quantitative estimate of drug-likeness (QED) is 0.580. The minimum absolute atomic E-state index is 0.697. The molecule has 0 heterocycles. The van der Waals surface area contributed by atoms with Crippen molar-refractivity contribution in [2.75, 3.05) is 11.2 Å². The molecule has 1 aromatic carbocycles. The number of hydrogen-bond donors (Lipinski definition) is 2. The second-order valence-electron chi connectivity index (χ2n) is 4.29. The van der Waals surface area contributed by atoms with E-state index in [0.717, 1.165) is 5.92 Å². The fourth-order valence-corrected chi connectivity index (χ4v) is 2.58. The zero-order valence-corrected chi connectivity index (χ0v) is 9.97. The van der Waals surface area contributed by atoms with Crippen LogP contribution in [-0.2, 0) is 0 Å². The zero-order valence-electron chi connectivity index (χ0n) is 9.08. The Morgan fingerprint density at radius 3 is 2.33 bits per heavy atom. The van der Waals surface area contributed by atoms with Gasteiger partial charge in [-0.05, 0) is 36.5 Å². The number of rotatable bonds is 3. The maximum Gasteiger partial charge on any atom is 0.0581 e. The number of thiol groups is 1. The van der Waals surface area contributed by atoms with Crippen molar-refractivity contribution >= 4 is 18.3 Å². The molecule has 0 amide bonds.